The van der Waals surface area contributed by atoms with Gasteiger partial charge >= 0.3 is 0 Å². The smallest absolute Gasteiger partial charge is 0.0175 e. The van der Waals surface area contributed by atoms with Gasteiger partial charge in [0, 0.05) is 5.54 Å². The third kappa shape index (κ3) is 6.09. The van der Waals surface area contributed by atoms with Crippen LogP contribution in [0.5, 0.6) is 0 Å². The Hall–Kier alpha value is -0.0400. The van der Waals surface area contributed by atoms with E-state index in [1.807, 2.05) is 13.8 Å². The minimum atomic E-state index is 0.434. The highest BCUT2D eigenvalue weighted by atomic mass is 15.1. The van der Waals surface area contributed by atoms with Crippen LogP contribution in [0, 0.1) is 0 Å². The number of nitrogens with zero attached hydrogens (tertiary/aromatic N) is 1. The molecule has 0 aromatic heterocycles. The van der Waals surface area contributed by atoms with Crippen molar-refractivity contribution in [1.82, 2.24) is 4.90 Å². The molecule has 0 aliphatic heterocycles. The maximum Gasteiger partial charge on any atom is 0.0175 e. The van der Waals surface area contributed by atoms with Crippen molar-refractivity contribution in [1.29, 1.82) is 0 Å². The Morgan fingerprint density at radius 2 is 1.23 bits per heavy atom. The Morgan fingerprint density at radius 3 is 1.38 bits per heavy atom. The number of rotatable bonds is 5. The van der Waals surface area contributed by atoms with Crippen LogP contribution >= 0.6 is 0 Å². The molecule has 82 valence electrons. The molecule has 13 heavy (non-hydrogen) atoms. The van der Waals surface area contributed by atoms with E-state index in [4.69, 9.17) is 0 Å². The molecule has 1 nitrogen and oxygen atoms in total. The standard InChI is InChI=1S/C10H23N.C2H6/c1-6-8-10(3,9-7-2)11(4)5;1-2/h6-9H2,1-5H3;1-2H3. The summed E-state index contributed by atoms with van der Waals surface area (Å²) in [5, 5.41) is 0. The first kappa shape index (κ1) is 15.4. The van der Waals surface area contributed by atoms with Gasteiger partial charge in [-0.2, -0.15) is 0 Å². The van der Waals surface area contributed by atoms with Crippen LogP contribution < -0.4 is 0 Å². The van der Waals surface area contributed by atoms with Crippen molar-refractivity contribution in [2.45, 2.75) is 65.8 Å². The van der Waals surface area contributed by atoms with Gasteiger partial charge in [0.05, 0.1) is 0 Å². The Morgan fingerprint density at radius 1 is 0.923 bits per heavy atom. The summed E-state index contributed by atoms with van der Waals surface area (Å²) in [6, 6.07) is 0. The molecule has 0 amide bonds. The summed E-state index contributed by atoms with van der Waals surface area (Å²) in [4.78, 5) is 2.36. The maximum absolute atomic E-state index is 2.36. The zero-order chi connectivity index (χ0) is 10.9. The molecule has 0 fully saturated rings. The van der Waals surface area contributed by atoms with Crippen LogP contribution in [0.25, 0.3) is 0 Å². The van der Waals surface area contributed by atoms with Crippen LogP contribution in [0.15, 0.2) is 0 Å². The minimum Gasteiger partial charge on any atom is -0.304 e. The zero-order valence-electron chi connectivity index (χ0n) is 10.8. The second-order valence-electron chi connectivity index (χ2n) is 3.89. The van der Waals surface area contributed by atoms with E-state index in [2.05, 4.69) is 39.8 Å². The quantitative estimate of drug-likeness (QED) is 0.630. The normalized spacial score (nSPS) is 11.1. The summed E-state index contributed by atoms with van der Waals surface area (Å²) in [5.74, 6) is 0. The van der Waals surface area contributed by atoms with Gasteiger partial charge in [-0.1, -0.05) is 40.5 Å². The molecule has 0 saturated carbocycles. The van der Waals surface area contributed by atoms with Gasteiger partial charge in [-0.05, 0) is 33.9 Å². The van der Waals surface area contributed by atoms with E-state index in [1.165, 1.54) is 25.7 Å². The van der Waals surface area contributed by atoms with Gasteiger partial charge in [0.2, 0.25) is 0 Å². The predicted molar refractivity (Wildman–Crippen MR) is 63.3 cm³/mol. The largest absolute Gasteiger partial charge is 0.304 e. The summed E-state index contributed by atoms with van der Waals surface area (Å²) in [6.45, 7) is 10.9. The van der Waals surface area contributed by atoms with Gasteiger partial charge in [-0.3, -0.25) is 0 Å². The fourth-order valence-electron chi connectivity index (χ4n) is 1.65. The molecule has 0 N–H and O–H groups in total. The first-order chi connectivity index (χ1) is 6.06. The van der Waals surface area contributed by atoms with Gasteiger partial charge in [0.25, 0.3) is 0 Å². The SMILES string of the molecule is CC.CCCC(C)(CCC)N(C)C. The monoisotopic (exact) mass is 187 g/mol. The lowest BCUT2D eigenvalue weighted by Crippen LogP contribution is -2.40. The maximum atomic E-state index is 2.36. The van der Waals surface area contributed by atoms with Gasteiger partial charge < -0.3 is 4.90 Å². The summed E-state index contributed by atoms with van der Waals surface area (Å²) >= 11 is 0. The minimum absolute atomic E-state index is 0.434. The molecule has 0 heterocycles. The van der Waals surface area contributed by atoms with E-state index in [0.29, 0.717) is 5.54 Å². The van der Waals surface area contributed by atoms with Crippen molar-refractivity contribution >= 4 is 0 Å². The second-order valence-corrected chi connectivity index (χ2v) is 3.89. The van der Waals surface area contributed by atoms with E-state index in [0.717, 1.165) is 0 Å². The summed E-state index contributed by atoms with van der Waals surface area (Å²) < 4.78 is 0. The molecule has 0 aliphatic rings. The van der Waals surface area contributed by atoms with Crippen LogP contribution in [-0.2, 0) is 0 Å². The highest BCUT2D eigenvalue weighted by Gasteiger charge is 2.23. The third-order valence-corrected chi connectivity index (χ3v) is 2.66. The molecular formula is C12H29N. The molecule has 0 atom stereocenters. The first-order valence-corrected chi connectivity index (χ1v) is 5.74. The average Bonchev–Trinajstić information content (AvgIpc) is 2.08. The summed E-state index contributed by atoms with van der Waals surface area (Å²) in [6.07, 6.45) is 5.20. The Bertz CT molecular complexity index is 91.3. The molecule has 0 aromatic carbocycles. The lowest BCUT2D eigenvalue weighted by atomic mass is 9.90. The highest BCUT2D eigenvalue weighted by molar-refractivity contribution is 4.81. The Kier molecular flexibility index (Phi) is 10.2. The molecule has 0 rings (SSSR count). The van der Waals surface area contributed by atoms with Crippen LogP contribution in [0.2, 0.25) is 0 Å². The topological polar surface area (TPSA) is 3.24 Å². The van der Waals surface area contributed by atoms with Gasteiger partial charge in [-0.15, -0.1) is 0 Å². The third-order valence-electron chi connectivity index (χ3n) is 2.66. The Labute approximate surface area is 85.5 Å². The molecule has 1 heteroatoms. The predicted octanol–water partition coefficient (Wildman–Crippen LogP) is 3.93. The van der Waals surface area contributed by atoms with Crippen LogP contribution in [0.4, 0.5) is 0 Å². The average molecular weight is 187 g/mol. The zero-order valence-corrected chi connectivity index (χ0v) is 10.8. The summed E-state index contributed by atoms with van der Waals surface area (Å²) in [7, 11) is 4.37. The van der Waals surface area contributed by atoms with Crippen LogP contribution in [0.3, 0.4) is 0 Å². The molecular weight excluding hydrogens is 158 g/mol. The Balaban J connectivity index is 0. The van der Waals surface area contributed by atoms with Gasteiger partial charge in [0.15, 0.2) is 0 Å². The number of hydrogen-bond acceptors (Lipinski definition) is 1. The highest BCUT2D eigenvalue weighted by Crippen LogP contribution is 2.23. The first-order valence-electron chi connectivity index (χ1n) is 5.74. The lowest BCUT2D eigenvalue weighted by Gasteiger charge is -2.36. The number of hydrogen-bond donors (Lipinski definition) is 0. The van der Waals surface area contributed by atoms with Crippen molar-refractivity contribution < 1.29 is 0 Å². The van der Waals surface area contributed by atoms with E-state index < -0.39 is 0 Å². The molecule has 0 unspecified atom stereocenters. The molecule has 0 spiro atoms. The summed E-state index contributed by atoms with van der Waals surface area (Å²) in [5.41, 5.74) is 0.434. The van der Waals surface area contributed by atoms with Gasteiger partial charge in [0.1, 0.15) is 0 Å². The molecule has 0 saturated heterocycles. The van der Waals surface area contributed by atoms with E-state index >= 15 is 0 Å². The van der Waals surface area contributed by atoms with Crippen LogP contribution in [-0.4, -0.2) is 24.5 Å². The van der Waals surface area contributed by atoms with Crippen molar-refractivity contribution in [3.05, 3.63) is 0 Å². The molecule has 0 radical (unpaired) electrons. The molecule has 0 bridgehead atoms. The van der Waals surface area contributed by atoms with E-state index in [9.17, 15) is 0 Å². The molecule has 0 aromatic rings. The fraction of sp³-hybridized carbons (Fsp3) is 1.00. The fourth-order valence-corrected chi connectivity index (χ4v) is 1.65. The van der Waals surface area contributed by atoms with Gasteiger partial charge in [-0.25, -0.2) is 0 Å². The van der Waals surface area contributed by atoms with Crippen molar-refractivity contribution in [3.8, 4) is 0 Å². The van der Waals surface area contributed by atoms with Crippen molar-refractivity contribution in [2.24, 2.45) is 0 Å². The van der Waals surface area contributed by atoms with E-state index in [-0.39, 0.29) is 0 Å². The van der Waals surface area contributed by atoms with Crippen molar-refractivity contribution in [2.75, 3.05) is 14.1 Å². The van der Waals surface area contributed by atoms with Crippen LogP contribution in [0.1, 0.15) is 60.3 Å². The van der Waals surface area contributed by atoms with E-state index in [1.54, 1.807) is 0 Å². The lowest BCUT2D eigenvalue weighted by molar-refractivity contribution is 0.145. The van der Waals surface area contributed by atoms with Crippen molar-refractivity contribution in [3.63, 3.8) is 0 Å². The molecule has 0 aliphatic carbocycles. The second kappa shape index (κ2) is 8.55.